The molecule has 0 radical (unpaired) electrons. The highest BCUT2D eigenvalue weighted by Gasteiger charge is 2.54. The lowest BCUT2D eigenvalue weighted by Crippen LogP contribution is -2.46. The number of rotatable bonds is 7. The van der Waals surface area contributed by atoms with E-state index in [1.54, 1.807) is 17.7 Å². The molecule has 216 valence electrons. The molecule has 5 rings (SSSR count). The van der Waals surface area contributed by atoms with Gasteiger partial charge in [0.2, 0.25) is 5.69 Å². The van der Waals surface area contributed by atoms with Gasteiger partial charge in [0.1, 0.15) is 12.3 Å². The fourth-order valence-electron chi connectivity index (χ4n) is 5.38. The number of aromatic amines is 1. The molecule has 0 spiro atoms. The highest BCUT2D eigenvalue weighted by atomic mass is 32.9. The van der Waals surface area contributed by atoms with Crippen molar-refractivity contribution >= 4 is 48.4 Å². The molecule has 0 amide bonds. The van der Waals surface area contributed by atoms with Gasteiger partial charge >= 0.3 is 0 Å². The Kier molecular flexibility index (Phi) is 7.94. The first-order chi connectivity index (χ1) is 18.1. The van der Waals surface area contributed by atoms with E-state index in [1.165, 1.54) is 11.9 Å². The van der Waals surface area contributed by atoms with Gasteiger partial charge in [-0.3, -0.25) is 9.36 Å². The molecule has 3 aliphatic rings. The predicted molar refractivity (Wildman–Crippen MR) is 162 cm³/mol. The Hall–Kier alpha value is -0.853. The molecule has 2 aliphatic heterocycles. The lowest BCUT2D eigenvalue weighted by atomic mass is 9.77. The van der Waals surface area contributed by atoms with Crippen molar-refractivity contribution in [2.45, 2.75) is 108 Å². The van der Waals surface area contributed by atoms with Gasteiger partial charge in [-0.1, -0.05) is 44.3 Å². The number of hydrogen-bond acceptors (Lipinski definition) is 9. The largest absolute Gasteiger partial charge is 0.411 e. The van der Waals surface area contributed by atoms with E-state index >= 15 is 0 Å². The van der Waals surface area contributed by atoms with Crippen LogP contribution in [0.1, 0.15) is 66.5 Å². The summed E-state index contributed by atoms with van der Waals surface area (Å²) in [5.41, 5.74) is -0.850. The molecule has 2 aromatic rings. The molecule has 0 unspecified atom stereocenters. The summed E-state index contributed by atoms with van der Waals surface area (Å²) in [4.78, 5) is 23.5. The van der Waals surface area contributed by atoms with Crippen LogP contribution in [-0.4, -0.2) is 57.5 Å². The third kappa shape index (κ3) is 5.77. The van der Waals surface area contributed by atoms with Gasteiger partial charge < -0.3 is 23.2 Å². The van der Waals surface area contributed by atoms with Gasteiger partial charge in [-0.15, -0.1) is 0 Å². The van der Waals surface area contributed by atoms with E-state index in [-0.39, 0.29) is 52.0 Å². The quantitative estimate of drug-likeness (QED) is 0.219. The van der Waals surface area contributed by atoms with Crippen LogP contribution in [0.2, 0.25) is 18.1 Å². The molecule has 13 heteroatoms. The van der Waals surface area contributed by atoms with Crippen LogP contribution in [-0.2, 0) is 30.0 Å². The first kappa shape index (κ1) is 29.6. The number of ether oxygens (including phenoxy) is 1. The Labute approximate surface area is 240 Å². The Morgan fingerprint density at radius 1 is 1.38 bits per heavy atom. The summed E-state index contributed by atoms with van der Waals surface area (Å²) in [5, 5.41) is 0.0355. The molecule has 1 N–H and O–H groups in total. The Morgan fingerprint density at radius 2 is 2.13 bits per heavy atom. The monoisotopic (exact) mass is 612 g/mol. The highest BCUT2D eigenvalue weighted by Crippen LogP contribution is 2.75. The Balaban J connectivity index is 1.35. The number of allylic oxidation sites excluding steroid dienone is 1. The van der Waals surface area contributed by atoms with Gasteiger partial charge in [-0.2, -0.15) is 0 Å². The van der Waals surface area contributed by atoms with E-state index in [9.17, 15) is 4.79 Å². The number of nitrogens with zero attached hydrogens (tertiary/aromatic N) is 3. The minimum absolute atomic E-state index is 0.0355. The first-order valence-corrected chi connectivity index (χ1v) is 20.6. The summed E-state index contributed by atoms with van der Waals surface area (Å²) in [5.74, 6) is 0.470. The maximum absolute atomic E-state index is 12.2. The predicted octanol–water partition coefficient (Wildman–Crippen LogP) is 6.31. The molecule has 2 aromatic heterocycles. The number of nitrogens with one attached hydrogen (secondary N) is 1. The van der Waals surface area contributed by atoms with E-state index < -0.39 is 14.0 Å². The van der Waals surface area contributed by atoms with Gasteiger partial charge in [0.25, 0.3) is 5.56 Å². The molecular formula is C26H41N4O5PS2Si. The topological polar surface area (TPSA) is 100 Å². The summed E-state index contributed by atoms with van der Waals surface area (Å²) in [6.07, 6.45) is 5.84. The van der Waals surface area contributed by atoms with Crippen LogP contribution < -0.4 is 5.56 Å². The smallest absolute Gasteiger partial charge is 0.278 e. The molecule has 1 saturated carbocycles. The zero-order valence-corrected chi connectivity index (χ0v) is 27.5. The van der Waals surface area contributed by atoms with Crippen LogP contribution in [0.4, 0.5) is 0 Å². The van der Waals surface area contributed by atoms with Crippen molar-refractivity contribution in [1.82, 2.24) is 19.5 Å². The first-order valence-electron chi connectivity index (χ1n) is 13.6. The fourth-order valence-corrected chi connectivity index (χ4v) is 13.9. The fraction of sp³-hybridized carbons (Fsp3) is 0.731. The van der Waals surface area contributed by atoms with Crippen LogP contribution >= 0.6 is 17.1 Å². The van der Waals surface area contributed by atoms with E-state index in [1.807, 2.05) is 4.57 Å². The molecule has 7 atom stereocenters. The molecule has 9 nitrogen and oxygen atoms in total. The van der Waals surface area contributed by atoms with Crippen LogP contribution in [0.5, 0.6) is 0 Å². The average molecular weight is 613 g/mol. The maximum Gasteiger partial charge on any atom is 0.278 e. The number of hydrogen-bond donors (Lipinski definition) is 1. The number of imidazole rings is 1. The Morgan fingerprint density at radius 3 is 2.82 bits per heavy atom. The average Bonchev–Trinajstić information content (AvgIpc) is 3.49. The van der Waals surface area contributed by atoms with Crippen LogP contribution in [0, 0.1) is 5.92 Å². The lowest BCUT2D eigenvalue weighted by molar-refractivity contribution is -0.0367. The zero-order valence-electron chi connectivity index (χ0n) is 23.9. The van der Waals surface area contributed by atoms with Gasteiger partial charge in [0.05, 0.1) is 31.5 Å². The van der Waals surface area contributed by atoms with Crippen molar-refractivity contribution < 1.29 is 18.2 Å². The number of H-pyrrole nitrogens is 1. The lowest BCUT2D eigenvalue weighted by Gasteiger charge is -2.39. The van der Waals surface area contributed by atoms with E-state index in [0.717, 1.165) is 19.3 Å². The summed E-state index contributed by atoms with van der Waals surface area (Å²) in [7, 11) is -2.12. The molecule has 4 heterocycles. The molecule has 1 aliphatic carbocycles. The van der Waals surface area contributed by atoms with Gasteiger partial charge in [-0.05, 0) is 69.0 Å². The second-order valence-electron chi connectivity index (χ2n) is 12.9. The van der Waals surface area contributed by atoms with Crippen LogP contribution in [0.15, 0.2) is 29.6 Å². The normalized spacial score (nSPS) is 35.4. The third-order valence-electron chi connectivity index (χ3n) is 8.95. The second-order valence-corrected chi connectivity index (χ2v) is 24.3. The van der Waals surface area contributed by atoms with Crippen LogP contribution in [0.3, 0.4) is 0 Å². The molecule has 0 aromatic carbocycles. The van der Waals surface area contributed by atoms with E-state index in [4.69, 9.17) is 30.0 Å². The van der Waals surface area contributed by atoms with Gasteiger partial charge in [0.15, 0.2) is 19.5 Å². The zero-order chi connectivity index (χ0) is 28.4. The summed E-state index contributed by atoms with van der Waals surface area (Å²) in [6.45, 7) is 20.0. The highest BCUT2D eigenvalue weighted by molar-refractivity contribution is 8.68. The molecule has 2 saturated heterocycles. The second kappa shape index (κ2) is 10.5. The van der Waals surface area contributed by atoms with Crippen molar-refractivity contribution in [3.05, 3.63) is 35.2 Å². The summed E-state index contributed by atoms with van der Waals surface area (Å²) < 4.78 is 28.2. The molecule has 3 fully saturated rings. The number of aromatic nitrogens is 4. The number of fused-ring (bicyclic) bond motifs is 2. The molecular weight excluding hydrogens is 572 g/mol. The van der Waals surface area contributed by atoms with Gasteiger partial charge in [0, 0.05) is 11.2 Å². The van der Waals surface area contributed by atoms with E-state index in [2.05, 4.69) is 69.2 Å². The summed E-state index contributed by atoms with van der Waals surface area (Å²) >= 11 is 7.76. The van der Waals surface area contributed by atoms with Crippen molar-refractivity contribution in [1.29, 1.82) is 0 Å². The standard InChI is InChI=1S/C26H41N4O5PS2Si/c1-16(2)17-9-10-26(6)20(11-17)34-36(37,38-26)32-13-19-18(35-39(7,8)25(3,4)5)12-21(33-19)30-15-29-22-23(30)27-14-28-24(22)31/h14-15,17-21H,1,9-13H2,2-8H3,(H,27,28,31)/t17-,18+,19-,20+,21-,26+,36+/m1/s1. The Bertz CT molecular complexity index is 1360. The van der Waals surface area contributed by atoms with Crippen molar-refractivity contribution in [2.24, 2.45) is 5.92 Å². The third-order valence-corrected chi connectivity index (χ3v) is 19.3. The minimum Gasteiger partial charge on any atom is -0.411 e. The van der Waals surface area contributed by atoms with Crippen LogP contribution in [0.25, 0.3) is 11.2 Å². The van der Waals surface area contributed by atoms with Crippen molar-refractivity contribution in [2.75, 3.05) is 6.61 Å². The van der Waals surface area contributed by atoms with Crippen molar-refractivity contribution in [3.63, 3.8) is 0 Å². The van der Waals surface area contributed by atoms with Gasteiger partial charge in [-0.25, -0.2) is 9.97 Å². The maximum atomic E-state index is 12.2. The molecule has 39 heavy (non-hydrogen) atoms. The van der Waals surface area contributed by atoms with E-state index in [0.29, 0.717) is 18.0 Å². The molecule has 0 bridgehead atoms. The summed E-state index contributed by atoms with van der Waals surface area (Å²) in [6, 6.07) is 0. The van der Waals surface area contributed by atoms with Crippen molar-refractivity contribution in [3.8, 4) is 0 Å². The SMILES string of the molecule is C=C(C)[C@@H]1CC[C@]2(C)S[P@@](=S)(OC[C@H]3O[C@@H](n4cnc5c(=O)[nH]cnc54)C[C@@H]3O[Si](C)(C)C(C)(C)C)O[C@H]2C1. The minimum atomic E-state index is -2.57.